The molecule has 0 aliphatic heterocycles. The van der Waals surface area contributed by atoms with Gasteiger partial charge in [0.15, 0.2) is 0 Å². The fourth-order valence-corrected chi connectivity index (χ4v) is 2.66. The molecule has 1 amide bonds. The van der Waals surface area contributed by atoms with E-state index in [0.717, 1.165) is 4.88 Å². The van der Waals surface area contributed by atoms with Gasteiger partial charge in [-0.15, -0.1) is 11.3 Å². The summed E-state index contributed by atoms with van der Waals surface area (Å²) >= 11 is 7.50. The molecule has 0 saturated heterocycles. The number of aryl methyl sites for hydroxylation is 1. The number of amides is 1. The van der Waals surface area contributed by atoms with E-state index in [1.54, 1.807) is 30.5 Å². The molecular weight excluding hydrogens is 282 g/mol. The molecule has 0 aliphatic rings. The van der Waals surface area contributed by atoms with Gasteiger partial charge in [-0.05, 0) is 36.1 Å². The second-order valence-electron chi connectivity index (χ2n) is 4.02. The minimum Gasteiger partial charge on any atom is -0.373 e. The van der Waals surface area contributed by atoms with Crippen molar-refractivity contribution in [2.24, 2.45) is 0 Å². The van der Waals surface area contributed by atoms with Crippen molar-refractivity contribution < 1.29 is 4.79 Å². The number of carbonyl (C=O) groups is 1. The Bertz CT molecular complexity index is 597. The van der Waals surface area contributed by atoms with Crippen molar-refractivity contribution in [1.29, 1.82) is 0 Å². The van der Waals surface area contributed by atoms with Crippen molar-refractivity contribution >= 4 is 34.7 Å². The summed E-state index contributed by atoms with van der Waals surface area (Å²) < 4.78 is 0. The molecule has 0 bridgehead atoms. The Morgan fingerprint density at radius 1 is 1.47 bits per heavy atom. The quantitative estimate of drug-likeness (QED) is 0.852. The Morgan fingerprint density at radius 3 is 2.89 bits per heavy atom. The molecule has 19 heavy (non-hydrogen) atoms. The maximum Gasteiger partial charge on any atom is 0.251 e. The van der Waals surface area contributed by atoms with Crippen molar-refractivity contribution in [3.63, 3.8) is 0 Å². The van der Waals surface area contributed by atoms with Crippen LogP contribution < -0.4 is 10.6 Å². The number of hydrogen-bond acceptors (Lipinski definition) is 4. The van der Waals surface area contributed by atoms with Gasteiger partial charge in [0.2, 0.25) is 0 Å². The van der Waals surface area contributed by atoms with E-state index in [1.807, 2.05) is 18.4 Å². The van der Waals surface area contributed by atoms with E-state index >= 15 is 0 Å². The highest BCUT2D eigenvalue weighted by atomic mass is 35.5. The summed E-state index contributed by atoms with van der Waals surface area (Å²) in [5.41, 5.74) is 1.69. The highest BCUT2D eigenvalue weighted by Gasteiger charge is 2.09. The topological polar surface area (TPSA) is 54.0 Å². The Morgan fingerprint density at radius 2 is 2.26 bits per heavy atom. The van der Waals surface area contributed by atoms with Crippen molar-refractivity contribution in [2.45, 2.75) is 13.5 Å². The van der Waals surface area contributed by atoms with E-state index in [9.17, 15) is 4.79 Å². The Labute approximate surface area is 120 Å². The molecule has 4 nitrogen and oxygen atoms in total. The number of nitrogens with zero attached hydrogens (tertiary/aromatic N) is 1. The average Bonchev–Trinajstić information content (AvgIpc) is 2.80. The fourth-order valence-electron chi connectivity index (χ4n) is 1.60. The molecule has 0 atom stereocenters. The van der Waals surface area contributed by atoms with Gasteiger partial charge in [-0.1, -0.05) is 11.6 Å². The summed E-state index contributed by atoms with van der Waals surface area (Å²) in [5, 5.41) is 8.06. The van der Waals surface area contributed by atoms with E-state index in [0.29, 0.717) is 23.1 Å². The first kappa shape index (κ1) is 13.8. The van der Waals surface area contributed by atoms with Crippen molar-refractivity contribution in [2.75, 3.05) is 12.4 Å². The third-order valence-electron chi connectivity index (χ3n) is 2.69. The molecule has 2 rings (SSSR count). The summed E-state index contributed by atoms with van der Waals surface area (Å²) in [6.07, 6.45) is 0. The van der Waals surface area contributed by atoms with Crippen LogP contribution in [0.3, 0.4) is 0 Å². The number of aromatic nitrogens is 1. The molecule has 0 aliphatic carbocycles. The van der Waals surface area contributed by atoms with Crippen molar-refractivity contribution in [3.8, 4) is 0 Å². The number of thiophene rings is 1. The Balaban J connectivity index is 2.08. The number of anilines is 1. The smallest absolute Gasteiger partial charge is 0.251 e. The number of carbonyl (C=O) groups excluding carboxylic acids is 1. The number of pyridine rings is 1. The van der Waals surface area contributed by atoms with Gasteiger partial charge in [0.1, 0.15) is 11.0 Å². The van der Waals surface area contributed by atoms with Crippen LogP contribution in [0.1, 0.15) is 20.8 Å². The fraction of sp³-hybridized carbons (Fsp3) is 0.231. The van der Waals surface area contributed by atoms with Gasteiger partial charge in [0.25, 0.3) is 5.91 Å². The third kappa shape index (κ3) is 3.45. The van der Waals surface area contributed by atoms with Crippen LogP contribution in [0.4, 0.5) is 5.82 Å². The van der Waals surface area contributed by atoms with E-state index in [2.05, 4.69) is 15.6 Å². The average molecular weight is 296 g/mol. The van der Waals surface area contributed by atoms with Gasteiger partial charge in [-0.25, -0.2) is 4.98 Å². The van der Waals surface area contributed by atoms with Gasteiger partial charge < -0.3 is 10.6 Å². The maximum absolute atomic E-state index is 12.1. The predicted molar refractivity (Wildman–Crippen MR) is 79.0 cm³/mol. The summed E-state index contributed by atoms with van der Waals surface area (Å²) in [7, 11) is 1.73. The minimum absolute atomic E-state index is 0.159. The predicted octanol–water partition coefficient (Wildman–Crippen LogP) is 3.08. The second kappa shape index (κ2) is 6.04. The lowest BCUT2D eigenvalue weighted by molar-refractivity contribution is 0.0951. The number of nitrogens with one attached hydrogen (secondary N) is 2. The molecule has 2 aromatic heterocycles. The van der Waals surface area contributed by atoms with Crippen LogP contribution in [-0.2, 0) is 6.54 Å². The summed E-state index contributed by atoms with van der Waals surface area (Å²) in [6.45, 7) is 2.55. The first-order chi connectivity index (χ1) is 9.10. The SMILES string of the molecule is CNc1cc(C(=O)NCc2sccc2C)cc(Cl)n1. The number of halogens is 1. The molecule has 100 valence electrons. The number of rotatable bonds is 4. The van der Waals surface area contributed by atoms with Crippen molar-refractivity contribution in [1.82, 2.24) is 10.3 Å². The van der Waals surface area contributed by atoms with Crippen LogP contribution >= 0.6 is 22.9 Å². The monoisotopic (exact) mass is 295 g/mol. The largest absolute Gasteiger partial charge is 0.373 e. The third-order valence-corrected chi connectivity index (χ3v) is 3.91. The minimum atomic E-state index is -0.159. The highest BCUT2D eigenvalue weighted by molar-refractivity contribution is 7.10. The van der Waals surface area contributed by atoms with E-state index < -0.39 is 0 Å². The lowest BCUT2D eigenvalue weighted by atomic mass is 10.2. The molecule has 0 unspecified atom stereocenters. The molecule has 2 heterocycles. The van der Waals surface area contributed by atoms with E-state index in [-0.39, 0.29) is 5.91 Å². The molecule has 0 aromatic carbocycles. The van der Waals surface area contributed by atoms with Crippen LogP contribution in [0.5, 0.6) is 0 Å². The first-order valence-electron chi connectivity index (χ1n) is 5.76. The molecule has 0 fully saturated rings. The summed E-state index contributed by atoms with van der Waals surface area (Å²) in [6, 6.07) is 5.26. The van der Waals surface area contributed by atoms with Gasteiger partial charge in [-0.3, -0.25) is 4.79 Å². The van der Waals surface area contributed by atoms with Crippen molar-refractivity contribution in [3.05, 3.63) is 44.7 Å². The van der Waals surface area contributed by atoms with E-state index in [1.165, 1.54) is 5.56 Å². The zero-order valence-electron chi connectivity index (χ0n) is 10.7. The molecule has 2 N–H and O–H groups in total. The van der Waals surface area contributed by atoms with Crippen LogP contribution in [0, 0.1) is 6.92 Å². The first-order valence-corrected chi connectivity index (χ1v) is 7.02. The standard InChI is InChI=1S/C13H14ClN3OS/c1-8-3-4-19-10(8)7-16-13(18)9-5-11(14)17-12(6-9)15-2/h3-6H,7H2,1-2H3,(H,15,17)(H,16,18). The summed E-state index contributed by atoms with van der Waals surface area (Å²) in [4.78, 5) is 17.2. The zero-order valence-corrected chi connectivity index (χ0v) is 12.2. The Kier molecular flexibility index (Phi) is 4.39. The molecule has 0 saturated carbocycles. The van der Waals surface area contributed by atoms with Gasteiger partial charge in [0, 0.05) is 17.5 Å². The molecular formula is C13H14ClN3OS. The van der Waals surface area contributed by atoms with Crippen LogP contribution in [0.2, 0.25) is 5.15 Å². The molecule has 0 spiro atoms. The van der Waals surface area contributed by atoms with Gasteiger partial charge >= 0.3 is 0 Å². The maximum atomic E-state index is 12.1. The normalized spacial score (nSPS) is 10.3. The van der Waals surface area contributed by atoms with Gasteiger partial charge in [-0.2, -0.15) is 0 Å². The lowest BCUT2D eigenvalue weighted by Gasteiger charge is -2.07. The van der Waals surface area contributed by atoms with Crippen LogP contribution in [0.15, 0.2) is 23.6 Å². The van der Waals surface area contributed by atoms with Gasteiger partial charge in [0.05, 0.1) is 6.54 Å². The molecule has 0 radical (unpaired) electrons. The molecule has 2 aromatic rings. The molecule has 6 heteroatoms. The number of hydrogen-bond donors (Lipinski definition) is 2. The van der Waals surface area contributed by atoms with Crippen LogP contribution in [0.25, 0.3) is 0 Å². The zero-order chi connectivity index (χ0) is 13.8. The summed E-state index contributed by atoms with van der Waals surface area (Å²) in [5.74, 6) is 0.415. The van der Waals surface area contributed by atoms with E-state index in [4.69, 9.17) is 11.6 Å². The highest BCUT2D eigenvalue weighted by Crippen LogP contribution is 2.16. The lowest BCUT2D eigenvalue weighted by Crippen LogP contribution is -2.22. The van der Waals surface area contributed by atoms with Crippen LogP contribution in [-0.4, -0.2) is 17.9 Å². The Hall–Kier alpha value is -1.59. The second-order valence-corrected chi connectivity index (χ2v) is 5.41.